The Morgan fingerprint density at radius 1 is 1.06 bits per heavy atom. The number of nitro groups is 1. The zero-order valence-electron chi connectivity index (χ0n) is 20.2. The standard InChI is InChI=1S/C27H33BrN2O4/c1-25-10-19-11-26(2,15-25)17-27(12-19,16-25)29-13-20-8-23(33-3)24(9-22(20)28)34-14-18-4-6-21(7-5-18)30(31)32/h4-9,19,29H,10-17H2,1-3H3. The van der Waals surface area contributed by atoms with E-state index in [1.165, 1.54) is 50.7 Å². The van der Waals surface area contributed by atoms with Crippen LogP contribution in [-0.4, -0.2) is 17.6 Å². The van der Waals surface area contributed by atoms with Gasteiger partial charge in [-0.3, -0.25) is 10.1 Å². The van der Waals surface area contributed by atoms with Gasteiger partial charge in [-0.2, -0.15) is 0 Å². The van der Waals surface area contributed by atoms with Crippen molar-refractivity contribution in [2.75, 3.05) is 7.11 Å². The molecule has 34 heavy (non-hydrogen) atoms. The Bertz CT molecular complexity index is 1080. The first-order valence-corrected chi connectivity index (χ1v) is 12.9. The number of nitrogens with one attached hydrogen (secondary N) is 1. The lowest BCUT2D eigenvalue weighted by molar-refractivity contribution is -0.384. The normalized spacial score (nSPS) is 31.5. The number of benzene rings is 2. The van der Waals surface area contributed by atoms with Gasteiger partial charge in [0.15, 0.2) is 11.5 Å². The SMILES string of the molecule is COc1cc(CNC23CC4CC(C)(CC(C)(C4)C2)C3)c(Br)cc1OCc1ccc([N+](=O)[O-])cc1. The summed E-state index contributed by atoms with van der Waals surface area (Å²) in [6.45, 7) is 6.10. The topological polar surface area (TPSA) is 73.6 Å². The van der Waals surface area contributed by atoms with Crippen LogP contribution in [0, 0.1) is 26.9 Å². The molecule has 2 aromatic rings. The Morgan fingerprint density at radius 3 is 2.32 bits per heavy atom. The molecule has 4 bridgehead atoms. The van der Waals surface area contributed by atoms with Crippen molar-refractivity contribution in [3.05, 3.63) is 62.1 Å². The third kappa shape index (κ3) is 4.57. The number of hydrogen-bond donors (Lipinski definition) is 1. The molecule has 7 heteroatoms. The minimum absolute atomic E-state index is 0.0722. The number of hydrogen-bond acceptors (Lipinski definition) is 5. The Labute approximate surface area is 209 Å². The maximum absolute atomic E-state index is 10.9. The average Bonchev–Trinajstić information content (AvgIpc) is 2.74. The first-order chi connectivity index (χ1) is 16.1. The summed E-state index contributed by atoms with van der Waals surface area (Å²) in [5, 5.41) is 14.9. The molecule has 4 aliphatic carbocycles. The van der Waals surface area contributed by atoms with Crippen molar-refractivity contribution in [2.45, 2.75) is 71.1 Å². The number of rotatable bonds is 8. The average molecular weight is 529 g/mol. The molecule has 182 valence electrons. The van der Waals surface area contributed by atoms with Gasteiger partial charge in [0.25, 0.3) is 5.69 Å². The Kier molecular flexibility index (Phi) is 5.92. The van der Waals surface area contributed by atoms with Crippen LogP contribution in [0.2, 0.25) is 0 Å². The summed E-state index contributed by atoms with van der Waals surface area (Å²) < 4.78 is 12.6. The highest BCUT2D eigenvalue weighted by molar-refractivity contribution is 9.10. The van der Waals surface area contributed by atoms with E-state index in [-0.39, 0.29) is 11.2 Å². The Balaban J connectivity index is 1.28. The van der Waals surface area contributed by atoms with Gasteiger partial charge in [-0.1, -0.05) is 29.8 Å². The molecular formula is C27H33BrN2O4. The summed E-state index contributed by atoms with van der Waals surface area (Å²) in [4.78, 5) is 10.5. The van der Waals surface area contributed by atoms with Gasteiger partial charge in [0.05, 0.1) is 12.0 Å². The molecule has 4 saturated carbocycles. The maximum Gasteiger partial charge on any atom is 0.269 e. The van der Waals surface area contributed by atoms with Crippen LogP contribution in [0.25, 0.3) is 0 Å². The second kappa shape index (κ2) is 8.52. The van der Waals surface area contributed by atoms with E-state index in [0.29, 0.717) is 28.9 Å². The number of ether oxygens (including phenoxy) is 2. The van der Waals surface area contributed by atoms with Gasteiger partial charge in [0, 0.05) is 28.7 Å². The van der Waals surface area contributed by atoms with E-state index >= 15 is 0 Å². The fourth-order valence-electron chi connectivity index (χ4n) is 7.79. The second-order valence-electron chi connectivity index (χ2n) is 11.6. The molecule has 0 heterocycles. The van der Waals surface area contributed by atoms with Crippen LogP contribution >= 0.6 is 15.9 Å². The predicted molar refractivity (Wildman–Crippen MR) is 135 cm³/mol. The van der Waals surface area contributed by atoms with Gasteiger partial charge in [-0.15, -0.1) is 0 Å². The van der Waals surface area contributed by atoms with E-state index in [2.05, 4.69) is 35.1 Å². The van der Waals surface area contributed by atoms with Gasteiger partial charge in [0.1, 0.15) is 6.61 Å². The third-order valence-electron chi connectivity index (χ3n) is 8.15. The van der Waals surface area contributed by atoms with E-state index in [0.717, 1.165) is 28.1 Å². The summed E-state index contributed by atoms with van der Waals surface area (Å²) in [6, 6.07) is 10.4. The summed E-state index contributed by atoms with van der Waals surface area (Å²) in [7, 11) is 1.65. The monoisotopic (exact) mass is 528 g/mol. The first-order valence-electron chi connectivity index (χ1n) is 12.1. The van der Waals surface area contributed by atoms with E-state index in [9.17, 15) is 10.1 Å². The summed E-state index contributed by atoms with van der Waals surface area (Å²) >= 11 is 3.74. The predicted octanol–water partition coefficient (Wildman–Crippen LogP) is 6.78. The van der Waals surface area contributed by atoms with Crippen molar-refractivity contribution in [3.8, 4) is 11.5 Å². The largest absolute Gasteiger partial charge is 0.493 e. The second-order valence-corrected chi connectivity index (χ2v) is 12.4. The van der Waals surface area contributed by atoms with Crippen molar-refractivity contribution in [3.63, 3.8) is 0 Å². The van der Waals surface area contributed by atoms with Crippen LogP contribution < -0.4 is 14.8 Å². The lowest BCUT2D eigenvalue weighted by atomic mass is 9.43. The lowest BCUT2D eigenvalue weighted by Gasteiger charge is -2.65. The number of nitrogens with zero attached hydrogens (tertiary/aromatic N) is 1. The van der Waals surface area contributed by atoms with Crippen LogP contribution in [0.3, 0.4) is 0 Å². The molecule has 0 aliphatic heterocycles. The van der Waals surface area contributed by atoms with Crippen LogP contribution in [-0.2, 0) is 13.2 Å². The van der Waals surface area contributed by atoms with Gasteiger partial charge in [0.2, 0.25) is 0 Å². The highest BCUT2D eigenvalue weighted by Crippen LogP contribution is 2.66. The van der Waals surface area contributed by atoms with E-state index in [1.807, 2.05) is 12.1 Å². The van der Waals surface area contributed by atoms with Crippen LogP contribution in [0.4, 0.5) is 5.69 Å². The molecule has 4 aliphatic rings. The van der Waals surface area contributed by atoms with Gasteiger partial charge >= 0.3 is 0 Å². The fraction of sp³-hybridized carbons (Fsp3) is 0.556. The molecule has 0 spiro atoms. The quantitative estimate of drug-likeness (QED) is 0.301. The van der Waals surface area contributed by atoms with Crippen LogP contribution in [0.5, 0.6) is 11.5 Å². The highest BCUT2D eigenvalue weighted by atomic mass is 79.9. The molecular weight excluding hydrogens is 496 g/mol. The summed E-state index contributed by atoms with van der Waals surface area (Å²) in [5.74, 6) is 2.18. The van der Waals surface area contributed by atoms with Gasteiger partial charge in [-0.25, -0.2) is 0 Å². The number of methoxy groups -OCH3 is 1. The molecule has 4 fully saturated rings. The Hall–Kier alpha value is -2.12. The number of nitro benzene ring substituents is 1. The fourth-order valence-corrected chi connectivity index (χ4v) is 8.25. The van der Waals surface area contributed by atoms with Crippen LogP contribution in [0.1, 0.15) is 63.5 Å². The van der Waals surface area contributed by atoms with Gasteiger partial charge < -0.3 is 14.8 Å². The first kappa shape index (κ1) is 23.6. The molecule has 2 aromatic carbocycles. The van der Waals surface area contributed by atoms with E-state index in [1.54, 1.807) is 19.2 Å². The molecule has 2 atom stereocenters. The van der Waals surface area contributed by atoms with Crippen LogP contribution in [0.15, 0.2) is 40.9 Å². The summed E-state index contributed by atoms with van der Waals surface area (Å²) in [5.41, 5.74) is 3.28. The van der Waals surface area contributed by atoms with Crippen molar-refractivity contribution < 1.29 is 14.4 Å². The molecule has 0 saturated heterocycles. The molecule has 0 amide bonds. The molecule has 0 aromatic heterocycles. The smallest absolute Gasteiger partial charge is 0.269 e. The van der Waals surface area contributed by atoms with Crippen molar-refractivity contribution in [2.24, 2.45) is 16.7 Å². The number of non-ortho nitro benzene ring substituents is 1. The van der Waals surface area contributed by atoms with Crippen molar-refractivity contribution in [1.29, 1.82) is 0 Å². The minimum atomic E-state index is -0.401. The highest BCUT2D eigenvalue weighted by Gasteiger charge is 2.59. The molecule has 1 N–H and O–H groups in total. The van der Waals surface area contributed by atoms with E-state index < -0.39 is 4.92 Å². The molecule has 2 unspecified atom stereocenters. The zero-order valence-corrected chi connectivity index (χ0v) is 21.7. The molecule has 0 radical (unpaired) electrons. The third-order valence-corrected chi connectivity index (χ3v) is 8.89. The van der Waals surface area contributed by atoms with E-state index in [4.69, 9.17) is 9.47 Å². The van der Waals surface area contributed by atoms with Crippen molar-refractivity contribution >= 4 is 21.6 Å². The van der Waals surface area contributed by atoms with Crippen molar-refractivity contribution in [1.82, 2.24) is 5.32 Å². The maximum atomic E-state index is 10.9. The lowest BCUT2D eigenvalue weighted by Crippen LogP contribution is -2.63. The molecule has 6 nitrogen and oxygen atoms in total. The number of halogens is 1. The molecule has 6 rings (SSSR count). The zero-order chi connectivity index (χ0) is 24.1. The minimum Gasteiger partial charge on any atom is -0.493 e. The van der Waals surface area contributed by atoms with Gasteiger partial charge in [-0.05, 0) is 90.7 Å². The summed E-state index contributed by atoms with van der Waals surface area (Å²) in [6.07, 6.45) is 8.00. The Morgan fingerprint density at radius 2 is 1.74 bits per heavy atom.